The molecule has 5 nitrogen and oxygen atoms in total. The molecule has 0 spiro atoms. The molecule has 15 heavy (non-hydrogen) atoms. The SMILES string of the molecule is O=C(O)NC1CCC(NC(=O)CCl)CC1. The van der Waals surface area contributed by atoms with Crippen molar-refractivity contribution in [2.24, 2.45) is 0 Å². The molecule has 1 saturated carbocycles. The average Bonchev–Trinajstić information content (AvgIpc) is 2.20. The maximum absolute atomic E-state index is 11.0. The summed E-state index contributed by atoms with van der Waals surface area (Å²) < 4.78 is 0. The standard InChI is InChI=1S/C9H15ClN2O3/c10-5-8(13)11-6-1-3-7(4-2-6)12-9(14)15/h6-7,12H,1-5H2,(H,11,13)(H,14,15). The van der Waals surface area contributed by atoms with Gasteiger partial charge in [-0.3, -0.25) is 4.79 Å². The number of carbonyl (C=O) groups is 2. The van der Waals surface area contributed by atoms with Crippen LogP contribution in [0.25, 0.3) is 0 Å². The highest BCUT2D eigenvalue weighted by atomic mass is 35.5. The lowest BCUT2D eigenvalue weighted by Gasteiger charge is -2.28. The van der Waals surface area contributed by atoms with Crippen molar-refractivity contribution in [3.8, 4) is 0 Å². The Morgan fingerprint density at radius 3 is 2.00 bits per heavy atom. The Labute approximate surface area is 93.2 Å². The minimum atomic E-state index is -0.983. The quantitative estimate of drug-likeness (QED) is 0.636. The topological polar surface area (TPSA) is 78.4 Å². The molecule has 86 valence electrons. The van der Waals surface area contributed by atoms with Gasteiger partial charge in [0.05, 0.1) is 0 Å². The number of halogens is 1. The van der Waals surface area contributed by atoms with Gasteiger partial charge in [0.15, 0.2) is 0 Å². The molecular weight excluding hydrogens is 220 g/mol. The predicted octanol–water partition coefficient (Wildman–Crippen LogP) is 0.920. The first-order valence-corrected chi connectivity index (χ1v) is 5.50. The second-order valence-electron chi connectivity index (χ2n) is 3.70. The van der Waals surface area contributed by atoms with Crippen LogP contribution in [0.1, 0.15) is 25.7 Å². The average molecular weight is 235 g/mol. The molecule has 0 aromatic carbocycles. The van der Waals surface area contributed by atoms with E-state index in [0.717, 1.165) is 25.7 Å². The number of hydrogen-bond acceptors (Lipinski definition) is 2. The summed E-state index contributed by atoms with van der Waals surface area (Å²) in [5.41, 5.74) is 0. The summed E-state index contributed by atoms with van der Waals surface area (Å²) in [7, 11) is 0. The Hall–Kier alpha value is -0.970. The monoisotopic (exact) mass is 234 g/mol. The van der Waals surface area contributed by atoms with Crippen LogP contribution in [0.2, 0.25) is 0 Å². The van der Waals surface area contributed by atoms with E-state index in [1.807, 2.05) is 0 Å². The molecule has 1 fully saturated rings. The summed E-state index contributed by atoms with van der Waals surface area (Å²) >= 11 is 5.37. The van der Waals surface area contributed by atoms with Gasteiger partial charge in [-0.05, 0) is 25.7 Å². The fraction of sp³-hybridized carbons (Fsp3) is 0.778. The van der Waals surface area contributed by atoms with Crippen molar-refractivity contribution < 1.29 is 14.7 Å². The highest BCUT2D eigenvalue weighted by molar-refractivity contribution is 6.27. The lowest BCUT2D eigenvalue weighted by Crippen LogP contribution is -2.43. The van der Waals surface area contributed by atoms with E-state index in [1.165, 1.54) is 0 Å². The fourth-order valence-electron chi connectivity index (χ4n) is 1.82. The van der Waals surface area contributed by atoms with Gasteiger partial charge in [0.25, 0.3) is 0 Å². The number of alkyl halides is 1. The van der Waals surface area contributed by atoms with E-state index >= 15 is 0 Å². The fourth-order valence-corrected chi connectivity index (χ4v) is 1.90. The van der Waals surface area contributed by atoms with Crippen molar-refractivity contribution >= 4 is 23.6 Å². The first-order chi connectivity index (χ1) is 7.11. The van der Waals surface area contributed by atoms with Gasteiger partial charge in [-0.25, -0.2) is 4.79 Å². The van der Waals surface area contributed by atoms with Crippen LogP contribution in [-0.4, -0.2) is 35.1 Å². The number of carbonyl (C=O) groups excluding carboxylic acids is 1. The van der Waals surface area contributed by atoms with Crippen molar-refractivity contribution in [1.82, 2.24) is 10.6 Å². The van der Waals surface area contributed by atoms with Crippen LogP contribution in [0.5, 0.6) is 0 Å². The van der Waals surface area contributed by atoms with Crippen molar-refractivity contribution in [2.45, 2.75) is 37.8 Å². The van der Waals surface area contributed by atoms with Gasteiger partial charge >= 0.3 is 6.09 Å². The second-order valence-corrected chi connectivity index (χ2v) is 3.97. The first-order valence-electron chi connectivity index (χ1n) is 4.96. The molecule has 1 rings (SSSR count). The molecule has 0 radical (unpaired) electrons. The van der Waals surface area contributed by atoms with E-state index in [-0.39, 0.29) is 23.9 Å². The number of hydrogen-bond donors (Lipinski definition) is 3. The molecule has 0 saturated heterocycles. The van der Waals surface area contributed by atoms with E-state index in [1.54, 1.807) is 0 Å². The molecule has 3 N–H and O–H groups in total. The molecule has 0 aliphatic heterocycles. The second kappa shape index (κ2) is 5.80. The molecule has 0 unspecified atom stereocenters. The highest BCUT2D eigenvalue weighted by Gasteiger charge is 2.22. The zero-order chi connectivity index (χ0) is 11.3. The van der Waals surface area contributed by atoms with Gasteiger partial charge in [-0.2, -0.15) is 0 Å². The third-order valence-corrected chi connectivity index (χ3v) is 2.78. The lowest BCUT2D eigenvalue weighted by atomic mass is 9.91. The van der Waals surface area contributed by atoms with Gasteiger partial charge < -0.3 is 15.7 Å². The molecule has 0 atom stereocenters. The zero-order valence-corrected chi connectivity index (χ0v) is 9.09. The van der Waals surface area contributed by atoms with Crippen LogP contribution < -0.4 is 10.6 Å². The van der Waals surface area contributed by atoms with Gasteiger partial charge in [-0.15, -0.1) is 11.6 Å². The Balaban J connectivity index is 2.23. The summed E-state index contributed by atoms with van der Waals surface area (Å²) in [6.45, 7) is 0. The molecule has 6 heteroatoms. The Morgan fingerprint density at radius 2 is 1.60 bits per heavy atom. The summed E-state index contributed by atoms with van der Waals surface area (Å²) in [5, 5.41) is 13.8. The van der Waals surface area contributed by atoms with Crippen molar-refractivity contribution in [3.05, 3.63) is 0 Å². The predicted molar refractivity (Wildman–Crippen MR) is 56.1 cm³/mol. The molecule has 0 aromatic rings. The maximum Gasteiger partial charge on any atom is 0.404 e. The van der Waals surface area contributed by atoms with Crippen LogP contribution in [0.4, 0.5) is 4.79 Å². The smallest absolute Gasteiger partial charge is 0.404 e. The maximum atomic E-state index is 11.0. The minimum Gasteiger partial charge on any atom is -0.465 e. The third kappa shape index (κ3) is 4.38. The van der Waals surface area contributed by atoms with Gasteiger partial charge in [-0.1, -0.05) is 0 Å². The van der Waals surface area contributed by atoms with Gasteiger partial charge in [0.2, 0.25) is 5.91 Å². The molecule has 0 aromatic heterocycles. The molecule has 1 aliphatic rings. The zero-order valence-electron chi connectivity index (χ0n) is 8.33. The third-order valence-electron chi connectivity index (χ3n) is 2.54. The minimum absolute atomic E-state index is 0.0200. The van der Waals surface area contributed by atoms with Crippen LogP contribution in [0.15, 0.2) is 0 Å². The van der Waals surface area contributed by atoms with E-state index in [9.17, 15) is 9.59 Å². The number of amides is 2. The van der Waals surface area contributed by atoms with E-state index in [0.29, 0.717) is 0 Å². The number of rotatable bonds is 3. The van der Waals surface area contributed by atoms with E-state index in [4.69, 9.17) is 16.7 Å². The normalized spacial score (nSPS) is 25.7. The van der Waals surface area contributed by atoms with Crippen molar-refractivity contribution in [3.63, 3.8) is 0 Å². The van der Waals surface area contributed by atoms with Crippen LogP contribution in [0.3, 0.4) is 0 Å². The van der Waals surface area contributed by atoms with E-state index in [2.05, 4.69) is 10.6 Å². The first kappa shape index (κ1) is 12.1. The van der Waals surface area contributed by atoms with Crippen molar-refractivity contribution in [1.29, 1.82) is 0 Å². The number of nitrogens with one attached hydrogen (secondary N) is 2. The van der Waals surface area contributed by atoms with Crippen LogP contribution >= 0.6 is 11.6 Å². The number of carboxylic acid groups (broad SMARTS) is 1. The molecular formula is C9H15ClN2O3. The Morgan fingerprint density at radius 1 is 1.13 bits per heavy atom. The largest absolute Gasteiger partial charge is 0.465 e. The summed E-state index contributed by atoms with van der Waals surface area (Å²) in [6.07, 6.45) is 2.14. The highest BCUT2D eigenvalue weighted by Crippen LogP contribution is 2.18. The van der Waals surface area contributed by atoms with Crippen LogP contribution in [0, 0.1) is 0 Å². The Kier molecular flexibility index (Phi) is 4.68. The van der Waals surface area contributed by atoms with Gasteiger partial charge in [0, 0.05) is 12.1 Å². The lowest BCUT2D eigenvalue weighted by molar-refractivity contribution is -0.119. The Bertz CT molecular complexity index is 240. The molecule has 0 heterocycles. The molecule has 0 bridgehead atoms. The summed E-state index contributed by atoms with van der Waals surface area (Å²) in [4.78, 5) is 21.4. The summed E-state index contributed by atoms with van der Waals surface area (Å²) in [5.74, 6) is -0.181. The summed E-state index contributed by atoms with van der Waals surface area (Å²) in [6, 6.07) is 0.162. The van der Waals surface area contributed by atoms with Crippen molar-refractivity contribution in [2.75, 3.05) is 5.88 Å². The molecule has 1 aliphatic carbocycles. The van der Waals surface area contributed by atoms with Gasteiger partial charge in [0.1, 0.15) is 5.88 Å². The van der Waals surface area contributed by atoms with E-state index < -0.39 is 6.09 Å². The van der Waals surface area contributed by atoms with Crippen LogP contribution in [-0.2, 0) is 4.79 Å². The molecule has 2 amide bonds.